The first-order valence-electron chi connectivity index (χ1n) is 7.07. The van der Waals surface area contributed by atoms with Gasteiger partial charge in [0.15, 0.2) is 0 Å². The number of hydrogen-bond donors (Lipinski definition) is 2. The zero-order chi connectivity index (χ0) is 16.1. The highest BCUT2D eigenvalue weighted by Crippen LogP contribution is 2.20. The van der Waals surface area contributed by atoms with E-state index in [0.29, 0.717) is 29.9 Å². The molecule has 3 rings (SSSR count). The summed E-state index contributed by atoms with van der Waals surface area (Å²) in [5.41, 5.74) is 0.770. The Morgan fingerprint density at radius 2 is 2.04 bits per heavy atom. The molecule has 1 aromatic carbocycles. The molecule has 2 aromatic heterocycles. The Hall–Kier alpha value is -3.09. The summed E-state index contributed by atoms with van der Waals surface area (Å²) in [6, 6.07) is 8.10. The Labute approximate surface area is 131 Å². The lowest BCUT2D eigenvalue weighted by molar-refractivity contribution is 0.0955. The quantitative estimate of drug-likeness (QED) is 0.705. The van der Waals surface area contributed by atoms with Crippen molar-refractivity contribution in [3.63, 3.8) is 0 Å². The van der Waals surface area contributed by atoms with Gasteiger partial charge in [0, 0.05) is 30.9 Å². The number of para-hydroxylation sites is 1. The molecule has 116 valence electrons. The zero-order valence-electron chi connectivity index (χ0n) is 12.2. The summed E-state index contributed by atoms with van der Waals surface area (Å²) < 4.78 is 13.7. The molecular formula is C16H14FN5O. The second-order valence-electron chi connectivity index (χ2n) is 4.78. The Morgan fingerprint density at radius 3 is 2.87 bits per heavy atom. The van der Waals surface area contributed by atoms with E-state index in [1.807, 2.05) is 0 Å². The summed E-state index contributed by atoms with van der Waals surface area (Å²) in [4.78, 5) is 23.8. The van der Waals surface area contributed by atoms with Gasteiger partial charge in [0.2, 0.25) is 0 Å². The number of pyridine rings is 1. The van der Waals surface area contributed by atoms with E-state index < -0.39 is 5.82 Å². The summed E-state index contributed by atoms with van der Waals surface area (Å²) in [7, 11) is 0. The van der Waals surface area contributed by atoms with Gasteiger partial charge in [-0.2, -0.15) is 0 Å². The number of hydrogen-bond acceptors (Lipinski definition) is 5. The number of fused-ring (bicyclic) bond motifs is 1. The molecule has 0 bridgehead atoms. The van der Waals surface area contributed by atoms with Crippen LogP contribution in [0, 0.1) is 5.82 Å². The Kier molecular flexibility index (Phi) is 4.37. The summed E-state index contributed by atoms with van der Waals surface area (Å²) in [5.74, 6) is -0.0542. The molecule has 0 unspecified atom stereocenters. The fraction of sp³-hybridized carbons (Fsp3) is 0.125. The average molecular weight is 311 g/mol. The van der Waals surface area contributed by atoms with Crippen LogP contribution in [0.2, 0.25) is 0 Å². The maximum atomic E-state index is 13.7. The smallest absolute Gasteiger partial charge is 0.252 e. The zero-order valence-corrected chi connectivity index (χ0v) is 12.2. The minimum Gasteiger partial charge on any atom is -0.368 e. The van der Waals surface area contributed by atoms with E-state index in [9.17, 15) is 9.18 Å². The van der Waals surface area contributed by atoms with Crippen LogP contribution in [0.5, 0.6) is 0 Å². The Bertz CT molecular complexity index is 825. The molecular weight excluding hydrogens is 297 g/mol. The molecule has 1 amide bonds. The number of aromatic nitrogens is 3. The predicted molar refractivity (Wildman–Crippen MR) is 84.6 cm³/mol. The third kappa shape index (κ3) is 3.39. The lowest BCUT2D eigenvalue weighted by Gasteiger charge is -2.09. The Balaban J connectivity index is 1.59. The van der Waals surface area contributed by atoms with Gasteiger partial charge in [-0.1, -0.05) is 6.07 Å². The summed E-state index contributed by atoms with van der Waals surface area (Å²) in [6.45, 7) is 0.850. The molecule has 23 heavy (non-hydrogen) atoms. The number of rotatable bonds is 5. The van der Waals surface area contributed by atoms with Gasteiger partial charge in [0.25, 0.3) is 5.91 Å². The molecule has 0 aliphatic carbocycles. The molecule has 0 spiro atoms. The lowest BCUT2D eigenvalue weighted by atomic mass is 10.2. The van der Waals surface area contributed by atoms with Gasteiger partial charge in [-0.3, -0.25) is 9.78 Å². The normalized spacial score (nSPS) is 10.5. The fourth-order valence-electron chi connectivity index (χ4n) is 2.15. The summed E-state index contributed by atoms with van der Waals surface area (Å²) >= 11 is 0. The maximum absolute atomic E-state index is 13.7. The first kappa shape index (κ1) is 14.8. The number of nitrogens with one attached hydrogen (secondary N) is 2. The van der Waals surface area contributed by atoms with Crippen molar-refractivity contribution >= 4 is 22.6 Å². The molecule has 0 aliphatic heterocycles. The second kappa shape index (κ2) is 6.78. The van der Waals surface area contributed by atoms with Crippen LogP contribution >= 0.6 is 0 Å². The van der Waals surface area contributed by atoms with Crippen LogP contribution in [0.4, 0.5) is 10.2 Å². The molecule has 2 N–H and O–H groups in total. The number of halogens is 1. The SMILES string of the molecule is O=C(NCCNc1ncnc2c(F)cccc12)c1cccnc1. The largest absolute Gasteiger partial charge is 0.368 e. The van der Waals surface area contributed by atoms with E-state index in [-0.39, 0.29) is 11.4 Å². The predicted octanol–water partition coefficient (Wildman–Crippen LogP) is 2.01. The van der Waals surface area contributed by atoms with Gasteiger partial charge in [-0.25, -0.2) is 14.4 Å². The topological polar surface area (TPSA) is 79.8 Å². The van der Waals surface area contributed by atoms with Crippen molar-refractivity contribution in [2.75, 3.05) is 18.4 Å². The second-order valence-corrected chi connectivity index (χ2v) is 4.78. The highest BCUT2D eigenvalue weighted by atomic mass is 19.1. The molecule has 0 fully saturated rings. The fourth-order valence-corrected chi connectivity index (χ4v) is 2.15. The van der Waals surface area contributed by atoms with Gasteiger partial charge in [0.05, 0.1) is 5.56 Å². The van der Waals surface area contributed by atoms with E-state index >= 15 is 0 Å². The Morgan fingerprint density at radius 1 is 1.13 bits per heavy atom. The van der Waals surface area contributed by atoms with Crippen LogP contribution in [-0.2, 0) is 0 Å². The van der Waals surface area contributed by atoms with E-state index in [4.69, 9.17) is 0 Å². The monoisotopic (exact) mass is 311 g/mol. The standard InChI is InChI=1S/C16H14FN5O/c17-13-5-1-4-12-14(13)21-10-22-15(12)19-7-8-20-16(23)11-3-2-6-18-9-11/h1-6,9-10H,7-8H2,(H,20,23)(H,19,21,22). The van der Waals surface area contributed by atoms with Crippen LogP contribution in [0.25, 0.3) is 10.9 Å². The molecule has 0 aliphatic rings. The van der Waals surface area contributed by atoms with E-state index in [1.165, 1.54) is 18.6 Å². The molecule has 7 heteroatoms. The van der Waals surface area contributed by atoms with Crippen molar-refractivity contribution in [2.24, 2.45) is 0 Å². The minimum absolute atomic E-state index is 0.196. The number of anilines is 1. The molecule has 0 atom stereocenters. The molecule has 0 saturated carbocycles. The molecule has 0 saturated heterocycles. The van der Waals surface area contributed by atoms with Crippen molar-refractivity contribution in [3.8, 4) is 0 Å². The van der Waals surface area contributed by atoms with Crippen LogP contribution in [0.1, 0.15) is 10.4 Å². The summed E-state index contributed by atoms with van der Waals surface area (Å²) in [5, 5.41) is 6.45. The van der Waals surface area contributed by atoms with Gasteiger partial charge < -0.3 is 10.6 Å². The number of carbonyl (C=O) groups excluding carboxylic acids is 1. The summed E-state index contributed by atoms with van der Waals surface area (Å²) in [6.07, 6.45) is 4.42. The first-order valence-corrected chi connectivity index (χ1v) is 7.07. The minimum atomic E-state index is -0.391. The third-order valence-corrected chi connectivity index (χ3v) is 3.24. The number of carbonyl (C=O) groups is 1. The van der Waals surface area contributed by atoms with Crippen LogP contribution < -0.4 is 10.6 Å². The van der Waals surface area contributed by atoms with Crippen molar-refractivity contribution in [3.05, 3.63) is 60.4 Å². The highest BCUT2D eigenvalue weighted by Gasteiger charge is 2.07. The van der Waals surface area contributed by atoms with Crippen molar-refractivity contribution < 1.29 is 9.18 Å². The molecule has 0 radical (unpaired) electrons. The van der Waals surface area contributed by atoms with E-state index in [1.54, 1.807) is 30.5 Å². The number of nitrogens with zero attached hydrogens (tertiary/aromatic N) is 3. The van der Waals surface area contributed by atoms with E-state index in [2.05, 4.69) is 25.6 Å². The lowest BCUT2D eigenvalue weighted by Crippen LogP contribution is -2.29. The molecule has 3 aromatic rings. The van der Waals surface area contributed by atoms with Crippen LogP contribution in [0.15, 0.2) is 49.1 Å². The van der Waals surface area contributed by atoms with Crippen molar-refractivity contribution in [2.45, 2.75) is 0 Å². The molecule has 2 heterocycles. The van der Waals surface area contributed by atoms with Gasteiger partial charge in [-0.05, 0) is 24.3 Å². The maximum Gasteiger partial charge on any atom is 0.252 e. The number of amides is 1. The van der Waals surface area contributed by atoms with Crippen molar-refractivity contribution in [1.82, 2.24) is 20.3 Å². The highest BCUT2D eigenvalue weighted by molar-refractivity contribution is 5.93. The van der Waals surface area contributed by atoms with E-state index in [0.717, 1.165) is 0 Å². The van der Waals surface area contributed by atoms with Gasteiger partial charge >= 0.3 is 0 Å². The molecule has 6 nitrogen and oxygen atoms in total. The third-order valence-electron chi connectivity index (χ3n) is 3.24. The first-order chi connectivity index (χ1) is 11.3. The van der Waals surface area contributed by atoms with Gasteiger partial charge in [0.1, 0.15) is 23.5 Å². The average Bonchev–Trinajstić information content (AvgIpc) is 2.60. The van der Waals surface area contributed by atoms with Gasteiger partial charge in [-0.15, -0.1) is 0 Å². The van der Waals surface area contributed by atoms with Crippen LogP contribution in [-0.4, -0.2) is 33.9 Å². The van der Waals surface area contributed by atoms with Crippen LogP contribution in [0.3, 0.4) is 0 Å². The number of benzene rings is 1. The van der Waals surface area contributed by atoms with Crippen molar-refractivity contribution in [1.29, 1.82) is 0 Å².